The van der Waals surface area contributed by atoms with E-state index in [4.69, 9.17) is 37.9 Å². The molecule has 1 saturated carbocycles. The van der Waals surface area contributed by atoms with Gasteiger partial charge in [0.2, 0.25) is 0 Å². The third kappa shape index (κ3) is 12.3. The molecule has 2 atom stereocenters. The van der Waals surface area contributed by atoms with Crippen LogP contribution in [0.4, 0.5) is 0 Å². The van der Waals surface area contributed by atoms with Crippen LogP contribution in [0.3, 0.4) is 0 Å². The highest BCUT2D eigenvalue weighted by atomic mass is 16.6. The van der Waals surface area contributed by atoms with E-state index in [0.29, 0.717) is 92.5 Å². The summed E-state index contributed by atoms with van der Waals surface area (Å²) in [6.45, 7) is 7.92. The number of ether oxygens (including phenoxy) is 8. The fourth-order valence-corrected chi connectivity index (χ4v) is 3.16. The normalized spacial score (nSPS) is 30.0. The summed E-state index contributed by atoms with van der Waals surface area (Å²) < 4.78 is 45.0. The molecule has 2 rings (SSSR count). The van der Waals surface area contributed by atoms with Crippen LogP contribution in [0.1, 0.15) is 25.7 Å². The maximum absolute atomic E-state index is 6.00. The Hall–Kier alpha value is -0.320. The smallest absolute Gasteiger partial charge is 0.0837 e. The summed E-state index contributed by atoms with van der Waals surface area (Å²) in [4.78, 5) is 0. The summed E-state index contributed by atoms with van der Waals surface area (Å²) >= 11 is 0. The van der Waals surface area contributed by atoms with Crippen molar-refractivity contribution in [1.29, 1.82) is 0 Å². The Morgan fingerprint density at radius 3 is 0.857 bits per heavy atom. The predicted molar refractivity (Wildman–Crippen MR) is 103 cm³/mol. The zero-order valence-corrected chi connectivity index (χ0v) is 17.1. The van der Waals surface area contributed by atoms with Gasteiger partial charge in [-0.3, -0.25) is 0 Å². The summed E-state index contributed by atoms with van der Waals surface area (Å²) in [7, 11) is 0. The minimum atomic E-state index is 0.152. The molecule has 8 heteroatoms. The highest BCUT2D eigenvalue weighted by Crippen LogP contribution is 2.23. The first kappa shape index (κ1) is 24.0. The van der Waals surface area contributed by atoms with E-state index < -0.39 is 0 Å². The maximum atomic E-state index is 6.00. The maximum Gasteiger partial charge on any atom is 0.0837 e. The molecule has 0 aromatic carbocycles. The SMILES string of the molecule is C1CC[C@H]2OCCOCCOCCOCCOCCOCCOCCO[C@@H]2C1. The van der Waals surface area contributed by atoms with E-state index in [1.165, 1.54) is 12.8 Å². The third-order valence-electron chi connectivity index (χ3n) is 4.62. The highest BCUT2D eigenvalue weighted by molar-refractivity contribution is 4.76. The fourth-order valence-electron chi connectivity index (χ4n) is 3.16. The van der Waals surface area contributed by atoms with E-state index in [-0.39, 0.29) is 12.2 Å². The second-order valence-corrected chi connectivity index (χ2v) is 6.78. The molecule has 2 aliphatic rings. The van der Waals surface area contributed by atoms with Crippen LogP contribution >= 0.6 is 0 Å². The van der Waals surface area contributed by atoms with Crippen molar-refractivity contribution in [2.75, 3.05) is 92.5 Å². The first-order valence-corrected chi connectivity index (χ1v) is 10.7. The van der Waals surface area contributed by atoms with Gasteiger partial charge in [0.15, 0.2) is 0 Å². The van der Waals surface area contributed by atoms with Crippen LogP contribution in [0.25, 0.3) is 0 Å². The molecule has 0 radical (unpaired) electrons. The Morgan fingerprint density at radius 2 is 0.571 bits per heavy atom. The molecule has 0 unspecified atom stereocenters. The van der Waals surface area contributed by atoms with Crippen LogP contribution in [0.2, 0.25) is 0 Å². The van der Waals surface area contributed by atoms with Gasteiger partial charge in [0, 0.05) is 0 Å². The van der Waals surface area contributed by atoms with E-state index in [1.54, 1.807) is 0 Å². The van der Waals surface area contributed by atoms with Gasteiger partial charge in [-0.05, 0) is 12.8 Å². The molecular weight excluding hydrogens is 368 g/mol. The number of hydrogen-bond acceptors (Lipinski definition) is 8. The minimum absolute atomic E-state index is 0.152. The molecule has 166 valence electrons. The number of hydrogen-bond donors (Lipinski definition) is 0. The summed E-state index contributed by atoms with van der Waals surface area (Å²) in [6, 6.07) is 0. The van der Waals surface area contributed by atoms with Gasteiger partial charge in [-0.15, -0.1) is 0 Å². The Kier molecular flexibility index (Phi) is 15.0. The van der Waals surface area contributed by atoms with Gasteiger partial charge in [0.25, 0.3) is 0 Å². The Morgan fingerprint density at radius 1 is 0.321 bits per heavy atom. The molecular formula is C20H38O8. The molecule has 0 bridgehead atoms. The van der Waals surface area contributed by atoms with Gasteiger partial charge in [-0.1, -0.05) is 12.8 Å². The first-order valence-electron chi connectivity index (χ1n) is 10.7. The summed E-state index contributed by atoms with van der Waals surface area (Å²) in [5.74, 6) is 0. The largest absolute Gasteiger partial charge is 0.377 e. The molecule has 0 aromatic heterocycles. The Labute approximate surface area is 169 Å². The van der Waals surface area contributed by atoms with Gasteiger partial charge in [0.05, 0.1) is 105 Å². The zero-order chi connectivity index (χ0) is 19.5. The van der Waals surface area contributed by atoms with Crippen molar-refractivity contribution in [1.82, 2.24) is 0 Å². The van der Waals surface area contributed by atoms with Crippen LogP contribution in [-0.4, -0.2) is 105 Å². The van der Waals surface area contributed by atoms with Crippen molar-refractivity contribution >= 4 is 0 Å². The molecule has 1 aliphatic heterocycles. The summed E-state index contributed by atoms with van der Waals surface area (Å²) in [6.07, 6.45) is 4.78. The quantitative estimate of drug-likeness (QED) is 0.598. The van der Waals surface area contributed by atoms with Gasteiger partial charge in [0.1, 0.15) is 0 Å². The molecule has 0 aromatic rings. The molecule has 2 fully saturated rings. The monoisotopic (exact) mass is 406 g/mol. The zero-order valence-electron chi connectivity index (χ0n) is 17.1. The molecule has 1 heterocycles. The second kappa shape index (κ2) is 17.5. The molecule has 0 N–H and O–H groups in total. The van der Waals surface area contributed by atoms with E-state index in [9.17, 15) is 0 Å². The lowest BCUT2D eigenvalue weighted by Gasteiger charge is -2.31. The fraction of sp³-hybridized carbons (Fsp3) is 1.00. The van der Waals surface area contributed by atoms with Crippen LogP contribution in [0.15, 0.2) is 0 Å². The summed E-state index contributed by atoms with van der Waals surface area (Å²) in [5, 5.41) is 0. The van der Waals surface area contributed by atoms with Crippen LogP contribution in [0.5, 0.6) is 0 Å². The molecule has 28 heavy (non-hydrogen) atoms. The molecule has 0 spiro atoms. The van der Waals surface area contributed by atoms with E-state index in [2.05, 4.69) is 0 Å². The van der Waals surface area contributed by atoms with E-state index >= 15 is 0 Å². The molecule has 8 nitrogen and oxygen atoms in total. The van der Waals surface area contributed by atoms with E-state index in [1.807, 2.05) is 0 Å². The lowest BCUT2D eigenvalue weighted by molar-refractivity contribution is -0.112. The van der Waals surface area contributed by atoms with Crippen molar-refractivity contribution in [3.63, 3.8) is 0 Å². The molecule has 1 saturated heterocycles. The van der Waals surface area contributed by atoms with Gasteiger partial charge < -0.3 is 37.9 Å². The molecule has 0 amide bonds. The van der Waals surface area contributed by atoms with Crippen molar-refractivity contribution in [2.24, 2.45) is 0 Å². The average Bonchev–Trinajstić information content (AvgIpc) is 2.72. The lowest BCUT2D eigenvalue weighted by Crippen LogP contribution is -2.36. The Balaban J connectivity index is 1.61. The van der Waals surface area contributed by atoms with Gasteiger partial charge in [-0.25, -0.2) is 0 Å². The van der Waals surface area contributed by atoms with Crippen LogP contribution < -0.4 is 0 Å². The number of fused-ring (bicyclic) bond motifs is 1. The minimum Gasteiger partial charge on any atom is -0.377 e. The standard InChI is InChI=1S/C20H38O8/c1-2-4-20-19(3-1)27-17-15-25-13-11-23-9-7-21-5-6-22-8-10-24-12-14-26-16-18-28-20/h19-20H,1-18H2/t19-,20-/m1/s1. The number of rotatable bonds is 0. The topological polar surface area (TPSA) is 73.8 Å². The van der Waals surface area contributed by atoms with Crippen LogP contribution in [-0.2, 0) is 37.9 Å². The molecule has 1 aliphatic carbocycles. The Bertz CT molecular complexity index is 312. The average molecular weight is 407 g/mol. The third-order valence-corrected chi connectivity index (χ3v) is 4.62. The van der Waals surface area contributed by atoms with Crippen molar-refractivity contribution in [3.8, 4) is 0 Å². The van der Waals surface area contributed by atoms with Crippen molar-refractivity contribution in [2.45, 2.75) is 37.9 Å². The van der Waals surface area contributed by atoms with Crippen molar-refractivity contribution in [3.05, 3.63) is 0 Å². The van der Waals surface area contributed by atoms with Crippen LogP contribution in [0, 0.1) is 0 Å². The second-order valence-electron chi connectivity index (χ2n) is 6.78. The predicted octanol–water partition coefficient (Wildman–Crippen LogP) is 1.44. The van der Waals surface area contributed by atoms with Gasteiger partial charge in [-0.2, -0.15) is 0 Å². The highest BCUT2D eigenvalue weighted by Gasteiger charge is 2.26. The first-order chi connectivity index (χ1) is 14.0. The summed E-state index contributed by atoms with van der Waals surface area (Å²) in [5.41, 5.74) is 0. The van der Waals surface area contributed by atoms with E-state index in [0.717, 1.165) is 12.8 Å². The van der Waals surface area contributed by atoms with Crippen molar-refractivity contribution < 1.29 is 37.9 Å². The van der Waals surface area contributed by atoms with Gasteiger partial charge >= 0.3 is 0 Å². The lowest BCUT2D eigenvalue weighted by atomic mass is 9.94.